The summed E-state index contributed by atoms with van der Waals surface area (Å²) in [6, 6.07) is 5.68. The zero-order valence-corrected chi connectivity index (χ0v) is 11.8. The van der Waals surface area contributed by atoms with E-state index in [4.69, 9.17) is 4.74 Å². The van der Waals surface area contributed by atoms with E-state index >= 15 is 0 Å². The first-order valence-electron chi connectivity index (χ1n) is 6.11. The van der Waals surface area contributed by atoms with Crippen LogP contribution in [0.4, 0.5) is 10.5 Å². The number of thiol groups is 1. The minimum atomic E-state index is -0.650. The van der Waals surface area contributed by atoms with Gasteiger partial charge in [-0.05, 0) is 17.7 Å². The van der Waals surface area contributed by atoms with Gasteiger partial charge in [0.1, 0.15) is 18.2 Å². The normalized spacial score (nSPS) is 17.5. The lowest BCUT2D eigenvalue weighted by molar-refractivity contribution is -0.384. The van der Waals surface area contributed by atoms with Crippen molar-refractivity contribution in [3.63, 3.8) is 0 Å². The van der Waals surface area contributed by atoms with Crippen LogP contribution in [0, 0.1) is 10.1 Å². The van der Waals surface area contributed by atoms with Crippen LogP contribution in [0.5, 0.6) is 0 Å². The molecule has 8 heteroatoms. The first kappa shape index (κ1) is 15.1. The highest BCUT2D eigenvalue weighted by atomic mass is 32.1. The van der Waals surface area contributed by atoms with Gasteiger partial charge in [-0.2, -0.15) is 12.6 Å². The molecule has 1 aliphatic rings. The standard InChI is InChI=1S/C13H12N2O5S/c16-7-11-5-12(21)6-14(11)13(17)20-8-9-1-3-10(4-2-9)15(18)19/h1-4,12,21H,5-6,8H2. The maximum absolute atomic E-state index is 11.9. The van der Waals surface area contributed by atoms with Crippen LogP contribution in [0.1, 0.15) is 12.0 Å². The molecule has 1 atom stereocenters. The highest BCUT2D eigenvalue weighted by Crippen LogP contribution is 2.24. The van der Waals surface area contributed by atoms with E-state index in [9.17, 15) is 19.7 Å². The summed E-state index contributed by atoms with van der Waals surface area (Å²) in [5.74, 6) is 1.71. The van der Waals surface area contributed by atoms with Crippen molar-refractivity contribution in [1.82, 2.24) is 4.90 Å². The number of benzene rings is 1. The molecule has 1 amide bonds. The number of amides is 1. The third kappa shape index (κ3) is 3.62. The summed E-state index contributed by atoms with van der Waals surface area (Å²) < 4.78 is 5.08. The number of ether oxygens (including phenoxy) is 1. The third-order valence-electron chi connectivity index (χ3n) is 3.00. The molecule has 0 spiro atoms. The van der Waals surface area contributed by atoms with Crippen LogP contribution in [0.2, 0.25) is 0 Å². The predicted octanol–water partition coefficient (Wildman–Crippen LogP) is 1.95. The maximum atomic E-state index is 11.9. The molecular formula is C13H12N2O5S. The van der Waals surface area contributed by atoms with E-state index in [1.165, 1.54) is 29.2 Å². The first-order valence-corrected chi connectivity index (χ1v) is 6.62. The number of carbonyl (C=O) groups is 1. The molecule has 0 aromatic heterocycles. The number of hydrogen-bond acceptors (Lipinski definition) is 6. The van der Waals surface area contributed by atoms with E-state index < -0.39 is 11.0 Å². The van der Waals surface area contributed by atoms with Crippen molar-refractivity contribution < 1.29 is 19.2 Å². The van der Waals surface area contributed by atoms with Crippen LogP contribution in [-0.2, 0) is 16.1 Å². The summed E-state index contributed by atoms with van der Waals surface area (Å²) in [4.78, 5) is 33.8. The third-order valence-corrected chi connectivity index (χ3v) is 3.34. The fourth-order valence-corrected chi connectivity index (χ4v) is 2.27. The van der Waals surface area contributed by atoms with Crippen molar-refractivity contribution in [1.29, 1.82) is 0 Å². The second-order valence-corrected chi connectivity index (χ2v) is 5.23. The van der Waals surface area contributed by atoms with Crippen LogP contribution in [0.25, 0.3) is 0 Å². The zero-order valence-electron chi connectivity index (χ0n) is 10.9. The van der Waals surface area contributed by atoms with Gasteiger partial charge in [0, 0.05) is 30.3 Å². The van der Waals surface area contributed by atoms with Gasteiger partial charge in [0.2, 0.25) is 0 Å². The lowest BCUT2D eigenvalue weighted by Gasteiger charge is -2.15. The molecule has 1 heterocycles. The monoisotopic (exact) mass is 308 g/mol. The Morgan fingerprint density at radius 3 is 2.71 bits per heavy atom. The Labute approximate surface area is 125 Å². The summed E-state index contributed by atoms with van der Waals surface area (Å²) >= 11 is 4.22. The summed E-state index contributed by atoms with van der Waals surface area (Å²) in [5, 5.41) is 10.4. The summed E-state index contributed by atoms with van der Waals surface area (Å²) in [6.07, 6.45) is -0.276. The van der Waals surface area contributed by atoms with Crippen molar-refractivity contribution in [2.45, 2.75) is 18.3 Å². The Hall–Kier alpha value is -2.31. The van der Waals surface area contributed by atoms with Crippen LogP contribution < -0.4 is 0 Å². The molecule has 0 aliphatic carbocycles. The van der Waals surface area contributed by atoms with Crippen LogP contribution >= 0.6 is 12.6 Å². The van der Waals surface area contributed by atoms with Gasteiger partial charge in [0.05, 0.1) is 4.92 Å². The fourth-order valence-electron chi connectivity index (χ4n) is 1.94. The highest BCUT2D eigenvalue weighted by Gasteiger charge is 2.31. The lowest BCUT2D eigenvalue weighted by Crippen LogP contribution is -2.28. The highest BCUT2D eigenvalue weighted by molar-refractivity contribution is 7.81. The largest absolute Gasteiger partial charge is 0.444 e. The molecule has 0 bridgehead atoms. The van der Waals surface area contributed by atoms with E-state index in [1.807, 2.05) is 0 Å². The maximum Gasteiger partial charge on any atom is 0.414 e. The minimum absolute atomic E-state index is 0.0310. The van der Waals surface area contributed by atoms with Gasteiger partial charge in [-0.15, -0.1) is 0 Å². The molecule has 1 aliphatic heterocycles. The van der Waals surface area contributed by atoms with Crippen molar-refractivity contribution in [3.8, 4) is 0 Å². The summed E-state index contributed by atoms with van der Waals surface area (Å²) in [7, 11) is 0. The Kier molecular flexibility index (Phi) is 4.62. The summed E-state index contributed by atoms with van der Waals surface area (Å²) in [5.41, 5.74) is 0.810. The number of hydrogen-bond donors (Lipinski definition) is 1. The van der Waals surface area contributed by atoms with E-state index in [-0.39, 0.29) is 23.2 Å². The molecule has 7 nitrogen and oxygen atoms in total. The fraction of sp³-hybridized carbons (Fsp3) is 0.308. The SMILES string of the molecule is O=C=C1CC(S)CN1C(=O)OCc1ccc([N+](=O)[O-])cc1. The number of allylic oxidation sites excluding steroid dienone is 1. The molecule has 1 fully saturated rings. The molecular weight excluding hydrogens is 296 g/mol. The van der Waals surface area contributed by atoms with Crippen LogP contribution in [-0.4, -0.2) is 33.7 Å². The first-order chi connectivity index (χ1) is 10.0. The average Bonchev–Trinajstić information content (AvgIpc) is 2.86. The Morgan fingerprint density at radius 1 is 1.48 bits per heavy atom. The van der Waals surface area contributed by atoms with Crippen molar-refractivity contribution in [2.75, 3.05) is 6.54 Å². The number of rotatable bonds is 3. The average molecular weight is 308 g/mol. The van der Waals surface area contributed by atoms with E-state index in [2.05, 4.69) is 12.6 Å². The molecule has 0 radical (unpaired) electrons. The van der Waals surface area contributed by atoms with Gasteiger partial charge in [-0.25, -0.2) is 9.59 Å². The number of likely N-dealkylation sites (tertiary alicyclic amines) is 1. The van der Waals surface area contributed by atoms with Gasteiger partial charge in [-0.3, -0.25) is 15.0 Å². The second kappa shape index (κ2) is 6.43. The molecule has 1 saturated heterocycles. The number of nitro groups is 1. The Morgan fingerprint density at radius 2 is 2.14 bits per heavy atom. The molecule has 110 valence electrons. The van der Waals surface area contributed by atoms with Crippen molar-refractivity contribution in [3.05, 3.63) is 45.6 Å². The zero-order chi connectivity index (χ0) is 15.4. The lowest BCUT2D eigenvalue weighted by atomic mass is 10.2. The number of nitro benzene ring substituents is 1. The molecule has 21 heavy (non-hydrogen) atoms. The summed E-state index contributed by atoms with van der Waals surface area (Å²) in [6.45, 7) is 0.267. The van der Waals surface area contributed by atoms with Gasteiger partial charge >= 0.3 is 6.09 Å². The van der Waals surface area contributed by atoms with Gasteiger partial charge in [0.25, 0.3) is 5.69 Å². The molecule has 0 saturated carbocycles. The second-order valence-electron chi connectivity index (χ2n) is 4.50. The molecule has 0 N–H and O–H groups in total. The van der Waals surface area contributed by atoms with Crippen molar-refractivity contribution in [2.24, 2.45) is 0 Å². The minimum Gasteiger partial charge on any atom is -0.444 e. The molecule has 1 aromatic carbocycles. The van der Waals surface area contributed by atoms with Gasteiger partial charge < -0.3 is 4.74 Å². The number of carbonyl (C=O) groups excluding carboxylic acids is 2. The van der Waals surface area contributed by atoms with Crippen LogP contribution in [0.15, 0.2) is 30.0 Å². The molecule has 1 unspecified atom stereocenters. The van der Waals surface area contributed by atoms with Gasteiger partial charge in [0.15, 0.2) is 0 Å². The predicted molar refractivity (Wildman–Crippen MR) is 76.6 cm³/mol. The molecule has 1 aromatic rings. The Balaban J connectivity index is 1.95. The van der Waals surface area contributed by atoms with Gasteiger partial charge in [-0.1, -0.05) is 0 Å². The molecule has 2 rings (SSSR count). The smallest absolute Gasteiger partial charge is 0.414 e. The van der Waals surface area contributed by atoms with Crippen LogP contribution in [0.3, 0.4) is 0 Å². The van der Waals surface area contributed by atoms with E-state index in [1.54, 1.807) is 5.94 Å². The topological polar surface area (TPSA) is 89.8 Å². The Bertz CT molecular complexity index is 609. The van der Waals surface area contributed by atoms with E-state index in [0.717, 1.165) is 0 Å². The van der Waals surface area contributed by atoms with Crippen molar-refractivity contribution >= 4 is 30.4 Å². The number of nitrogens with zero attached hydrogens (tertiary/aromatic N) is 2. The number of non-ortho nitro benzene ring substituents is 1. The van der Waals surface area contributed by atoms with E-state index in [0.29, 0.717) is 18.5 Å². The quantitative estimate of drug-likeness (QED) is 0.399.